The molecule has 1 saturated heterocycles. The first-order valence-corrected chi connectivity index (χ1v) is 7.66. The molecule has 0 aliphatic carbocycles. The Labute approximate surface area is 139 Å². The van der Waals surface area contributed by atoms with Crippen LogP contribution in [0.15, 0.2) is 24.3 Å². The van der Waals surface area contributed by atoms with Crippen molar-refractivity contribution in [2.45, 2.75) is 32.6 Å². The van der Waals surface area contributed by atoms with Gasteiger partial charge in [0.25, 0.3) is 0 Å². The van der Waals surface area contributed by atoms with Crippen molar-refractivity contribution in [3.05, 3.63) is 29.8 Å². The summed E-state index contributed by atoms with van der Waals surface area (Å²) >= 11 is 0. The highest BCUT2D eigenvalue weighted by Gasteiger charge is 2.40. The molecule has 1 aromatic rings. The van der Waals surface area contributed by atoms with Crippen molar-refractivity contribution in [1.82, 2.24) is 0 Å². The molecule has 1 aromatic carbocycles. The number of rotatable bonds is 4. The lowest BCUT2D eigenvalue weighted by Crippen LogP contribution is -2.49. The Balaban J connectivity index is 0.00000242. The third-order valence-electron chi connectivity index (χ3n) is 4.52. The number of halogens is 1. The number of ether oxygens (including phenoxy) is 1. The Morgan fingerprint density at radius 3 is 2.55 bits per heavy atom. The number of hydrogen-bond acceptors (Lipinski definition) is 3. The van der Waals surface area contributed by atoms with Gasteiger partial charge in [-0.1, -0.05) is 26.0 Å². The largest absolute Gasteiger partial charge is 0.381 e. The fraction of sp³-hybridized carbons (Fsp3) is 0.588. The molecule has 1 fully saturated rings. The number of hydrogen-bond donors (Lipinski definition) is 1. The molecular formula is C17H27ClN2O2. The maximum absolute atomic E-state index is 12.9. The van der Waals surface area contributed by atoms with Crippen LogP contribution in [-0.2, 0) is 9.53 Å². The van der Waals surface area contributed by atoms with Gasteiger partial charge in [0.15, 0.2) is 0 Å². The zero-order chi connectivity index (χ0) is 15.5. The summed E-state index contributed by atoms with van der Waals surface area (Å²) in [7, 11) is 1.84. The minimum atomic E-state index is -0.471. The van der Waals surface area contributed by atoms with E-state index in [9.17, 15) is 4.79 Å². The van der Waals surface area contributed by atoms with Gasteiger partial charge in [-0.15, -0.1) is 12.4 Å². The van der Waals surface area contributed by atoms with Crippen molar-refractivity contribution in [2.75, 3.05) is 31.7 Å². The number of amides is 1. The first-order valence-electron chi connectivity index (χ1n) is 7.66. The van der Waals surface area contributed by atoms with Gasteiger partial charge < -0.3 is 15.4 Å². The summed E-state index contributed by atoms with van der Waals surface area (Å²) in [6.45, 7) is 5.91. The van der Waals surface area contributed by atoms with Gasteiger partial charge in [-0.25, -0.2) is 0 Å². The molecule has 1 aliphatic heterocycles. The van der Waals surface area contributed by atoms with Crippen LogP contribution in [0.5, 0.6) is 0 Å². The summed E-state index contributed by atoms with van der Waals surface area (Å²) < 4.78 is 5.39. The highest BCUT2D eigenvalue weighted by molar-refractivity contribution is 5.97. The van der Waals surface area contributed by atoms with E-state index in [0.29, 0.717) is 38.5 Å². The highest BCUT2D eigenvalue weighted by atomic mass is 35.5. The van der Waals surface area contributed by atoms with Crippen LogP contribution in [0.1, 0.15) is 38.2 Å². The van der Waals surface area contributed by atoms with E-state index in [0.717, 1.165) is 5.69 Å². The number of nitrogens with zero attached hydrogens (tertiary/aromatic N) is 1. The second-order valence-electron chi connectivity index (χ2n) is 6.21. The Morgan fingerprint density at radius 1 is 1.36 bits per heavy atom. The van der Waals surface area contributed by atoms with Crippen LogP contribution in [0.3, 0.4) is 0 Å². The Bertz CT molecular complexity index is 499. The Morgan fingerprint density at radius 2 is 2.00 bits per heavy atom. The number of nitrogens with two attached hydrogens (primary N) is 1. The van der Waals surface area contributed by atoms with Crippen molar-refractivity contribution in [3.63, 3.8) is 0 Å². The molecular weight excluding hydrogens is 300 g/mol. The average Bonchev–Trinajstić information content (AvgIpc) is 2.54. The predicted octanol–water partition coefficient (Wildman–Crippen LogP) is 2.95. The normalized spacial score (nSPS) is 17.0. The third kappa shape index (κ3) is 3.80. The molecule has 4 nitrogen and oxygen atoms in total. The number of carbonyl (C=O) groups excluding carboxylic acids is 1. The van der Waals surface area contributed by atoms with Gasteiger partial charge in [0.1, 0.15) is 0 Å². The molecule has 0 bridgehead atoms. The molecule has 5 heteroatoms. The fourth-order valence-corrected chi connectivity index (χ4v) is 2.83. The first-order chi connectivity index (χ1) is 10.00. The first kappa shape index (κ1) is 18.9. The highest BCUT2D eigenvalue weighted by Crippen LogP contribution is 2.33. The smallest absolute Gasteiger partial charge is 0.234 e. The lowest BCUT2D eigenvalue weighted by atomic mass is 9.79. The van der Waals surface area contributed by atoms with Crippen molar-refractivity contribution in [3.8, 4) is 0 Å². The second kappa shape index (κ2) is 7.95. The van der Waals surface area contributed by atoms with E-state index in [2.05, 4.69) is 26.0 Å². The van der Waals surface area contributed by atoms with Crippen molar-refractivity contribution < 1.29 is 9.53 Å². The van der Waals surface area contributed by atoms with E-state index in [-0.39, 0.29) is 18.3 Å². The van der Waals surface area contributed by atoms with Gasteiger partial charge in [-0.2, -0.15) is 0 Å². The SMILES string of the molecule is CC(C)c1cccc(N(C)C(=O)C2(CN)CCOCC2)c1.Cl. The standard InChI is InChI=1S/C17H26N2O2.ClH/c1-13(2)14-5-4-6-15(11-14)19(3)16(20)17(12-18)7-9-21-10-8-17;/h4-6,11,13H,7-10,12,18H2,1-3H3;1H. The predicted molar refractivity (Wildman–Crippen MR) is 92.7 cm³/mol. The van der Waals surface area contributed by atoms with Crippen LogP contribution in [0.25, 0.3) is 0 Å². The van der Waals surface area contributed by atoms with Crippen LogP contribution < -0.4 is 10.6 Å². The molecule has 0 unspecified atom stereocenters. The van der Waals surface area contributed by atoms with E-state index in [1.54, 1.807) is 4.90 Å². The molecule has 1 aliphatic rings. The molecule has 0 atom stereocenters. The summed E-state index contributed by atoms with van der Waals surface area (Å²) in [6.07, 6.45) is 1.41. The molecule has 1 amide bonds. The molecule has 2 N–H and O–H groups in total. The zero-order valence-electron chi connectivity index (χ0n) is 13.7. The topological polar surface area (TPSA) is 55.6 Å². The minimum absolute atomic E-state index is 0. The molecule has 0 radical (unpaired) electrons. The van der Waals surface area contributed by atoms with E-state index in [1.807, 2.05) is 19.2 Å². The van der Waals surface area contributed by atoms with Crippen molar-refractivity contribution >= 4 is 24.0 Å². The summed E-state index contributed by atoms with van der Waals surface area (Å²) in [5.74, 6) is 0.550. The quantitative estimate of drug-likeness (QED) is 0.925. The molecule has 124 valence electrons. The van der Waals surface area contributed by atoms with Crippen LogP contribution in [-0.4, -0.2) is 32.7 Å². The van der Waals surface area contributed by atoms with Crippen LogP contribution in [0.2, 0.25) is 0 Å². The number of benzene rings is 1. The fourth-order valence-electron chi connectivity index (χ4n) is 2.83. The van der Waals surface area contributed by atoms with E-state index < -0.39 is 5.41 Å². The van der Waals surface area contributed by atoms with Gasteiger partial charge in [0.2, 0.25) is 5.91 Å². The average molecular weight is 327 g/mol. The van der Waals surface area contributed by atoms with E-state index in [4.69, 9.17) is 10.5 Å². The molecule has 0 saturated carbocycles. The third-order valence-corrected chi connectivity index (χ3v) is 4.52. The lowest BCUT2D eigenvalue weighted by molar-refractivity contribution is -0.132. The molecule has 22 heavy (non-hydrogen) atoms. The Kier molecular flexibility index (Phi) is 6.85. The van der Waals surface area contributed by atoms with Crippen molar-refractivity contribution in [1.29, 1.82) is 0 Å². The van der Waals surface area contributed by atoms with E-state index >= 15 is 0 Å². The summed E-state index contributed by atoms with van der Waals surface area (Å²) in [5.41, 5.74) is 7.63. The second-order valence-corrected chi connectivity index (χ2v) is 6.21. The number of carbonyl (C=O) groups is 1. The van der Waals surface area contributed by atoms with Gasteiger partial charge in [-0.05, 0) is 36.5 Å². The van der Waals surface area contributed by atoms with Crippen LogP contribution in [0, 0.1) is 5.41 Å². The van der Waals surface area contributed by atoms with Gasteiger partial charge in [0.05, 0.1) is 5.41 Å². The number of anilines is 1. The Hall–Kier alpha value is -1.10. The monoisotopic (exact) mass is 326 g/mol. The maximum Gasteiger partial charge on any atom is 0.234 e. The van der Waals surface area contributed by atoms with Crippen LogP contribution >= 0.6 is 12.4 Å². The lowest BCUT2D eigenvalue weighted by Gasteiger charge is -2.37. The molecule has 2 rings (SSSR count). The van der Waals surface area contributed by atoms with Gasteiger partial charge >= 0.3 is 0 Å². The molecule has 0 aromatic heterocycles. The molecule has 0 spiro atoms. The summed E-state index contributed by atoms with van der Waals surface area (Å²) in [6, 6.07) is 8.17. The van der Waals surface area contributed by atoms with Crippen molar-refractivity contribution in [2.24, 2.45) is 11.1 Å². The van der Waals surface area contributed by atoms with Crippen LogP contribution in [0.4, 0.5) is 5.69 Å². The van der Waals surface area contributed by atoms with Gasteiger partial charge in [-0.3, -0.25) is 4.79 Å². The maximum atomic E-state index is 12.9. The van der Waals surface area contributed by atoms with Gasteiger partial charge in [0, 0.05) is 32.5 Å². The zero-order valence-corrected chi connectivity index (χ0v) is 14.5. The minimum Gasteiger partial charge on any atom is -0.381 e. The van der Waals surface area contributed by atoms with E-state index in [1.165, 1.54) is 5.56 Å². The summed E-state index contributed by atoms with van der Waals surface area (Å²) in [4.78, 5) is 14.7. The molecule has 1 heterocycles. The summed E-state index contributed by atoms with van der Waals surface area (Å²) in [5, 5.41) is 0.